The summed E-state index contributed by atoms with van der Waals surface area (Å²) < 4.78 is 38.1. The molecule has 0 heterocycles. The predicted octanol–water partition coefficient (Wildman–Crippen LogP) is 1.75. The van der Waals surface area contributed by atoms with Gasteiger partial charge in [0, 0.05) is 25.0 Å². The Kier molecular flexibility index (Phi) is 4.77. The van der Waals surface area contributed by atoms with Crippen molar-refractivity contribution in [3.63, 3.8) is 0 Å². The van der Waals surface area contributed by atoms with E-state index in [9.17, 15) is 22.9 Å². The van der Waals surface area contributed by atoms with Crippen LogP contribution < -0.4 is 0 Å². The average molecular weight is 341 g/mol. The van der Waals surface area contributed by atoms with Gasteiger partial charge in [0.25, 0.3) is 0 Å². The highest BCUT2D eigenvalue weighted by Gasteiger charge is 2.24. The Hall–Kier alpha value is -1.06. The monoisotopic (exact) mass is 340 g/mol. The first-order valence-corrected chi connectivity index (χ1v) is 7.33. The first-order chi connectivity index (χ1) is 8.30. The lowest BCUT2D eigenvalue weighted by Gasteiger charge is -2.15. The normalized spacial score (nSPS) is 11.8. The molecule has 0 N–H and O–H groups in total. The second-order valence-corrected chi connectivity index (χ2v) is 6.22. The summed E-state index contributed by atoms with van der Waals surface area (Å²) in [6.07, 6.45) is 0. The van der Waals surface area contributed by atoms with E-state index < -0.39 is 26.5 Å². The number of hydrogen-bond acceptors (Lipinski definition) is 4. The summed E-state index contributed by atoms with van der Waals surface area (Å²) in [4.78, 5) is 9.28. The van der Waals surface area contributed by atoms with E-state index in [4.69, 9.17) is 0 Å². The Morgan fingerprint density at radius 3 is 2.61 bits per heavy atom. The van der Waals surface area contributed by atoms with E-state index >= 15 is 0 Å². The zero-order valence-electron chi connectivity index (χ0n) is 9.34. The molecule has 0 unspecified atom stereocenters. The van der Waals surface area contributed by atoms with Crippen LogP contribution in [0.2, 0.25) is 0 Å². The minimum absolute atomic E-state index is 0.202. The molecule has 1 rings (SSSR count). The maximum Gasteiger partial charge on any atom is 0.306 e. The van der Waals surface area contributed by atoms with Gasteiger partial charge in [-0.05, 0) is 12.1 Å². The van der Waals surface area contributed by atoms with Crippen molar-refractivity contribution in [3.8, 4) is 0 Å². The fourth-order valence-corrected chi connectivity index (χ4v) is 3.17. The smallest absolute Gasteiger partial charge is 0.258 e. The van der Waals surface area contributed by atoms with Crippen LogP contribution in [0.3, 0.4) is 0 Å². The van der Waals surface area contributed by atoms with Crippen LogP contribution in [0.1, 0.15) is 0 Å². The van der Waals surface area contributed by atoms with Gasteiger partial charge in [-0.25, -0.2) is 12.7 Å². The number of sulfonamides is 1. The molecule has 6 nitrogen and oxygen atoms in total. The van der Waals surface area contributed by atoms with Gasteiger partial charge in [0.05, 0.1) is 9.82 Å². The molecule has 0 saturated heterocycles. The Morgan fingerprint density at radius 1 is 1.50 bits per heavy atom. The number of rotatable bonds is 5. The highest BCUT2D eigenvalue weighted by molar-refractivity contribution is 9.09. The largest absolute Gasteiger partial charge is 0.306 e. The molecular weight excluding hydrogens is 331 g/mol. The van der Waals surface area contributed by atoms with Gasteiger partial charge >= 0.3 is 5.69 Å². The zero-order chi connectivity index (χ0) is 13.9. The third-order valence-electron chi connectivity index (χ3n) is 2.22. The zero-order valence-corrected chi connectivity index (χ0v) is 11.7. The van der Waals surface area contributed by atoms with Crippen LogP contribution in [0.25, 0.3) is 0 Å². The highest BCUT2D eigenvalue weighted by Crippen LogP contribution is 2.23. The first-order valence-electron chi connectivity index (χ1n) is 4.77. The van der Waals surface area contributed by atoms with E-state index in [-0.39, 0.29) is 11.4 Å². The van der Waals surface area contributed by atoms with Crippen molar-refractivity contribution in [2.75, 3.05) is 18.9 Å². The predicted molar refractivity (Wildman–Crippen MR) is 66.7 cm³/mol. The van der Waals surface area contributed by atoms with Gasteiger partial charge in [-0.2, -0.15) is 4.39 Å². The lowest BCUT2D eigenvalue weighted by atomic mass is 10.3. The maximum atomic E-state index is 13.1. The molecular formula is C9H10BrFN2O4S. The number of nitro groups is 1. The number of hydrogen-bond donors (Lipinski definition) is 0. The summed E-state index contributed by atoms with van der Waals surface area (Å²) in [7, 11) is -2.50. The van der Waals surface area contributed by atoms with Crippen molar-refractivity contribution in [1.29, 1.82) is 0 Å². The minimum atomic E-state index is -3.84. The van der Waals surface area contributed by atoms with Crippen LogP contribution >= 0.6 is 15.9 Å². The van der Waals surface area contributed by atoms with Crippen molar-refractivity contribution >= 4 is 31.6 Å². The molecule has 0 saturated carbocycles. The van der Waals surface area contributed by atoms with Crippen LogP contribution in [0.4, 0.5) is 10.1 Å². The van der Waals surface area contributed by atoms with Crippen LogP contribution in [0, 0.1) is 15.9 Å². The molecule has 1 aromatic rings. The summed E-state index contributed by atoms with van der Waals surface area (Å²) in [5.41, 5.74) is -0.858. The van der Waals surface area contributed by atoms with Crippen LogP contribution in [-0.4, -0.2) is 36.6 Å². The molecule has 0 aromatic heterocycles. The molecule has 0 atom stereocenters. The van der Waals surface area contributed by atoms with Crippen LogP contribution in [0.15, 0.2) is 23.1 Å². The number of nitrogens with zero attached hydrogens (tertiary/aromatic N) is 2. The number of halogens is 2. The second kappa shape index (κ2) is 5.72. The topological polar surface area (TPSA) is 80.5 Å². The molecule has 100 valence electrons. The van der Waals surface area contributed by atoms with Crippen molar-refractivity contribution in [1.82, 2.24) is 4.31 Å². The quantitative estimate of drug-likeness (QED) is 0.464. The van der Waals surface area contributed by atoms with Crippen molar-refractivity contribution < 1.29 is 17.7 Å². The van der Waals surface area contributed by atoms with Crippen molar-refractivity contribution in [2.24, 2.45) is 0 Å². The molecule has 9 heteroatoms. The Balaban J connectivity index is 3.26. The van der Waals surface area contributed by atoms with Crippen molar-refractivity contribution in [3.05, 3.63) is 34.1 Å². The first kappa shape index (κ1) is 15.0. The number of nitro benzene ring substituents is 1. The average Bonchev–Trinajstić information content (AvgIpc) is 2.29. The molecule has 0 bridgehead atoms. The molecule has 0 aliphatic carbocycles. The molecule has 0 fully saturated rings. The third-order valence-corrected chi connectivity index (χ3v) is 4.43. The van der Waals surface area contributed by atoms with Crippen LogP contribution in [0.5, 0.6) is 0 Å². The second-order valence-electron chi connectivity index (χ2n) is 3.39. The van der Waals surface area contributed by atoms with Gasteiger partial charge < -0.3 is 0 Å². The summed E-state index contributed by atoms with van der Waals surface area (Å²) in [6, 6.07) is 2.49. The van der Waals surface area contributed by atoms with E-state index in [2.05, 4.69) is 15.9 Å². The van der Waals surface area contributed by atoms with Crippen molar-refractivity contribution in [2.45, 2.75) is 4.90 Å². The molecule has 0 aliphatic heterocycles. The Bertz CT molecular complexity index is 564. The lowest BCUT2D eigenvalue weighted by Crippen LogP contribution is -2.28. The molecule has 0 aliphatic rings. The fourth-order valence-electron chi connectivity index (χ4n) is 1.21. The lowest BCUT2D eigenvalue weighted by molar-refractivity contribution is -0.387. The van der Waals surface area contributed by atoms with Gasteiger partial charge in [-0.15, -0.1) is 0 Å². The van der Waals surface area contributed by atoms with Gasteiger partial charge in [0.15, 0.2) is 0 Å². The molecule has 18 heavy (non-hydrogen) atoms. The molecule has 0 spiro atoms. The third kappa shape index (κ3) is 3.03. The Labute approximate surface area is 112 Å². The minimum Gasteiger partial charge on any atom is -0.258 e. The van der Waals surface area contributed by atoms with E-state index in [0.717, 1.165) is 22.5 Å². The summed E-state index contributed by atoms with van der Waals surface area (Å²) >= 11 is 3.09. The summed E-state index contributed by atoms with van der Waals surface area (Å²) in [5, 5.41) is 11.0. The van der Waals surface area contributed by atoms with Gasteiger partial charge in [0.2, 0.25) is 15.8 Å². The molecule has 0 amide bonds. The van der Waals surface area contributed by atoms with Crippen LogP contribution in [-0.2, 0) is 10.0 Å². The van der Waals surface area contributed by atoms with Gasteiger partial charge in [-0.1, -0.05) is 15.9 Å². The molecule has 1 aromatic carbocycles. The van der Waals surface area contributed by atoms with E-state index in [1.54, 1.807) is 0 Å². The standard InChI is InChI=1S/C9H10BrFN2O4S/c1-12(5-4-10)18(16,17)7-2-3-8(11)9(6-7)13(14)15/h2-3,6H,4-5H2,1H3. The SMILES string of the molecule is CN(CCBr)S(=O)(=O)c1ccc(F)c([N+](=O)[O-])c1. The Morgan fingerprint density at radius 2 is 2.11 bits per heavy atom. The summed E-state index contributed by atoms with van der Waals surface area (Å²) in [6.45, 7) is 0.202. The maximum absolute atomic E-state index is 13.1. The number of benzene rings is 1. The number of alkyl halides is 1. The highest BCUT2D eigenvalue weighted by atomic mass is 79.9. The fraction of sp³-hybridized carbons (Fsp3) is 0.333. The van der Waals surface area contributed by atoms with E-state index in [0.29, 0.717) is 5.33 Å². The summed E-state index contributed by atoms with van der Waals surface area (Å²) in [5.74, 6) is -1.07. The van der Waals surface area contributed by atoms with E-state index in [1.165, 1.54) is 7.05 Å². The van der Waals surface area contributed by atoms with Gasteiger partial charge in [0.1, 0.15) is 0 Å². The van der Waals surface area contributed by atoms with Gasteiger partial charge in [-0.3, -0.25) is 10.1 Å². The molecule has 0 radical (unpaired) electrons. The van der Waals surface area contributed by atoms with E-state index in [1.807, 2.05) is 0 Å².